The lowest BCUT2D eigenvalue weighted by Crippen LogP contribution is -2.24. The van der Waals surface area contributed by atoms with Gasteiger partial charge in [0.1, 0.15) is 6.04 Å². The minimum atomic E-state index is -0.155. The lowest BCUT2D eigenvalue weighted by molar-refractivity contribution is 0.806. The van der Waals surface area contributed by atoms with Crippen LogP contribution in [0.25, 0.3) is 0 Å². The molecule has 0 fully saturated rings. The third-order valence-electron chi connectivity index (χ3n) is 2.16. The molecule has 0 heterocycles. The number of nitrogens with one attached hydrogen (secondary N) is 1. The van der Waals surface area contributed by atoms with Crippen molar-refractivity contribution in [2.75, 3.05) is 5.32 Å². The fourth-order valence-corrected chi connectivity index (χ4v) is 1.32. The van der Waals surface area contributed by atoms with Gasteiger partial charge in [-0.2, -0.15) is 0 Å². The molecule has 0 aliphatic heterocycles. The highest BCUT2D eigenvalue weighted by Crippen LogP contribution is 2.09. The van der Waals surface area contributed by atoms with Crippen molar-refractivity contribution >= 4 is 11.6 Å². The molecular formula is C13H17N3. The van der Waals surface area contributed by atoms with Gasteiger partial charge in [-0.3, -0.25) is 0 Å². The Bertz CT molecular complexity index is 415. The summed E-state index contributed by atoms with van der Waals surface area (Å²) < 4.78 is 0. The minimum absolute atomic E-state index is 0.155. The zero-order chi connectivity index (χ0) is 12.0. The van der Waals surface area contributed by atoms with Crippen LogP contribution >= 0.6 is 0 Å². The highest BCUT2D eigenvalue weighted by Gasteiger charge is 2.00. The zero-order valence-electron chi connectivity index (χ0n) is 9.70. The number of hydrogen-bond donors (Lipinski definition) is 2. The quantitative estimate of drug-likeness (QED) is 0.461. The van der Waals surface area contributed by atoms with Crippen molar-refractivity contribution in [3.63, 3.8) is 0 Å². The van der Waals surface area contributed by atoms with E-state index in [1.54, 1.807) is 0 Å². The van der Waals surface area contributed by atoms with Gasteiger partial charge >= 0.3 is 0 Å². The summed E-state index contributed by atoms with van der Waals surface area (Å²) in [5.41, 5.74) is 7.84. The Kier molecular flexibility index (Phi) is 4.41. The maximum Gasteiger partial charge on any atom is 0.194 e. The molecule has 0 saturated carbocycles. The first kappa shape index (κ1) is 12.1. The molecule has 1 unspecified atom stereocenters. The molecule has 1 aromatic rings. The van der Waals surface area contributed by atoms with Crippen LogP contribution in [0.15, 0.2) is 29.3 Å². The minimum Gasteiger partial charge on any atom is -0.370 e. The van der Waals surface area contributed by atoms with Gasteiger partial charge in [-0.25, -0.2) is 4.99 Å². The molecule has 3 nitrogen and oxygen atoms in total. The van der Waals surface area contributed by atoms with Crippen LogP contribution in [0.3, 0.4) is 0 Å². The molecule has 1 atom stereocenters. The first-order valence-electron chi connectivity index (χ1n) is 5.28. The van der Waals surface area contributed by atoms with Gasteiger partial charge in [-0.1, -0.05) is 25.0 Å². The number of nitrogens with zero attached hydrogens (tertiary/aromatic N) is 1. The van der Waals surface area contributed by atoms with E-state index in [2.05, 4.69) is 16.2 Å². The van der Waals surface area contributed by atoms with E-state index in [4.69, 9.17) is 12.2 Å². The second-order valence-corrected chi connectivity index (χ2v) is 3.60. The van der Waals surface area contributed by atoms with Gasteiger partial charge in [-0.05, 0) is 31.0 Å². The number of rotatable bonds is 3. The summed E-state index contributed by atoms with van der Waals surface area (Å²) in [4.78, 5) is 4.19. The highest BCUT2D eigenvalue weighted by atomic mass is 15.1. The van der Waals surface area contributed by atoms with Crippen LogP contribution in [-0.4, -0.2) is 12.0 Å². The SMILES string of the molecule is C#CC(CC)N=C(N)Nc1cccc(C)c1. The third-order valence-corrected chi connectivity index (χ3v) is 2.16. The Hall–Kier alpha value is -1.95. The van der Waals surface area contributed by atoms with Crippen LogP contribution in [0.5, 0.6) is 0 Å². The summed E-state index contributed by atoms with van der Waals surface area (Å²) >= 11 is 0. The second kappa shape index (κ2) is 5.82. The van der Waals surface area contributed by atoms with Gasteiger partial charge in [0.25, 0.3) is 0 Å². The molecular weight excluding hydrogens is 198 g/mol. The van der Waals surface area contributed by atoms with Crippen molar-refractivity contribution < 1.29 is 0 Å². The molecule has 1 rings (SSSR count). The Morgan fingerprint density at radius 2 is 2.38 bits per heavy atom. The number of terminal acetylenes is 1. The van der Waals surface area contributed by atoms with Crippen molar-refractivity contribution in [3.05, 3.63) is 29.8 Å². The highest BCUT2D eigenvalue weighted by molar-refractivity contribution is 5.92. The summed E-state index contributed by atoms with van der Waals surface area (Å²) in [5.74, 6) is 2.93. The number of nitrogens with two attached hydrogens (primary N) is 1. The van der Waals surface area contributed by atoms with Gasteiger partial charge < -0.3 is 11.1 Å². The molecule has 0 aliphatic rings. The van der Waals surface area contributed by atoms with Gasteiger partial charge in [0, 0.05) is 5.69 Å². The number of benzene rings is 1. The summed E-state index contributed by atoms with van der Waals surface area (Å²) in [6.45, 7) is 4.00. The molecule has 3 heteroatoms. The fourth-order valence-electron chi connectivity index (χ4n) is 1.32. The van der Waals surface area contributed by atoms with Crippen LogP contribution in [0.2, 0.25) is 0 Å². The summed E-state index contributed by atoms with van der Waals surface area (Å²) in [6, 6.07) is 7.77. The summed E-state index contributed by atoms with van der Waals surface area (Å²) in [7, 11) is 0. The molecule has 16 heavy (non-hydrogen) atoms. The van der Waals surface area contributed by atoms with Crippen LogP contribution < -0.4 is 11.1 Å². The van der Waals surface area contributed by atoms with E-state index in [1.165, 1.54) is 5.56 Å². The Morgan fingerprint density at radius 3 is 2.94 bits per heavy atom. The van der Waals surface area contributed by atoms with Crippen molar-refractivity contribution in [1.82, 2.24) is 0 Å². The maximum atomic E-state index is 5.75. The molecule has 3 N–H and O–H groups in total. The Balaban J connectivity index is 2.71. The number of hydrogen-bond acceptors (Lipinski definition) is 1. The first-order valence-corrected chi connectivity index (χ1v) is 5.28. The van der Waals surface area contributed by atoms with Gasteiger partial charge in [-0.15, -0.1) is 6.42 Å². The van der Waals surface area contributed by atoms with Crippen LogP contribution in [-0.2, 0) is 0 Å². The van der Waals surface area contributed by atoms with E-state index in [9.17, 15) is 0 Å². The monoisotopic (exact) mass is 215 g/mol. The van der Waals surface area contributed by atoms with Crippen LogP contribution in [0, 0.1) is 19.3 Å². The standard InChI is InChI=1S/C13H17N3/c1-4-11(5-2)15-13(14)16-12-8-6-7-10(3)9-12/h1,6-9,11H,5H2,2-3H3,(H3,14,15,16). The second-order valence-electron chi connectivity index (χ2n) is 3.60. The molecule has 0 aromatic heterocycles. The zero-order valence-corrected chi connectivity index (χ0v) is 9.70. The largest absolute Gasteiger partial charge is 0.370 e. The van der Waals surface area contributed by atoms with Crippen molar-refractivity contribution in [3.8, 4) is 12.3 Å². The molecule has 1 aromatic carbocycles. The van der Waals surface area contributed by atoms with E-state index in [0.29, 0.717) is 5.96 Å². The normalized spacial score (nSPS) is 12.9. The van der Waals surface area contributed by atoms with Crippen molar-refractivity contribution in [2.24, 2.45) is 10.7 Å². The number of guanidine groups is 1. The first-order chi connectivity index (χ1) is 7.65. The summed E-state index contributed by atoms with van der Waals surface area (Å²) in [6.07, 6.45) is 6.09. The molecule has 0 bridgehead atoms. The molecule has 0 aliphatic carbocycles. The lowest BCUT2D eigenvalue weighted by Gasteiger charge is -2.08. The van der Waals surface area contributed by atoms with Gasteiger partial charge in [0.2, 0.25) is 0 Å². The van der Waals surface area contributed by atoms with E-state index in [0.717, 1.165) is 12.1 Å². The molecule has 0 spiro atoms. The van der Waals surface area contributed by atoms with E-state index in [-0.39, 0.29) is 6.04 Å². The molecule has 84 valence electrons. The predicted molar refractivity (Wildman–Crippen MR) is 69.3 cm³/mol. The van der Waals surface area contributed by atoms with Crippen molar-refractivity contribution in [1.29, 1.82) is 0 Å². The fraction of sp³-hybridized carbons (Fsp3) is 0.308. The molecule has 0 radical (unpaired) electrons. The average molecular weight is 215 g/mol. The lowest BCUT2D eigenvalue weighted by atomic mass is 10.2. The van der Waals surface area contributed by atoms with Gasteiger partial charge in [0.05, 0.1) is 0 Å². The maximum absolute atomic E-state index is 5.75. The Morgan fingerprint density at radius 1 is 1.62 bits per heavy atom. The third kappa shape index (κ3) is 3.66. The van der Waals surface area contributed by atoms with Crippen LogP contribution in [0.4, 0.5) is 5.69 Å². The van der Waals surface area contributed by atoms with E-state index < -0.39 is 0 Å². The topological polar surface area (TPSA) is 50.4 Å². The number of aliphatic imine (C=N–C) groups is 1. The smallest absolute Gasteiger partial charge is 0.194 e. The predicted octanol–water partition coefficient (Wildman–Crippen LogP) is 2.13. The molecule has 0 amide bonds. The number of aryl methyl sites for hydroxylation is 1. The average Bonchev–Trinajstić information content (AvgIpc) is 2.26. The summed E-state index contributed by atoms with van der Waals surface area (Å²) in [5, 5.41) is 3.01. The molecule has 0 saturated heterocycles. The van der Waals surface area contributed by atoms with E-state index >= 15 is 0 Å². The number of anilines is 1. The Labute approximate surface area is 96.8 Å². The van der Waals surface area contributed by atoms with Crippen molar-refractivity contribution in [2.45, 2.75) is 26.3 Å². The van der Waals surface area contributed by atoms with Crippen LogP contribution in [0.1, 0.15) is 18.9 Å². The van der Waals surface area contributed by atoms with E-state index in [1.807, 2.05) is 38.1 Å². The van der Waals surface area contributed by atoms with Gasteiger partial charge in [0.15, 0.2) is 5.96 Å².